The van der Waals surface area contributed by atoms with Crippen LogP contribution < -0.4 is 15.5 Å². The Bertz CT molecular complexity index is 1010. The first kappa shape index (κ1) is 34.8. The molecule has 39 heavy (non-hydrogen) atoms. The van der Waals surface area contributed by atoms with Gasteiger partial charge in [-0.2, -0.15) is 0 Å². The number of halogens is 3. The number of hydrogen-bond acceptors (Lipinski definition) is 8. The van der Waals surface area contributed by atoms with Crippen LogP contribution in [-0.2, 0) is 4.79 Å². The second-order valence-electron chi connectivity index (χ2n) is 9.99. The third-order valence-electron chi connectivity index (χ3n) is 6.87. The molecule has 1 aromatic rings. The van der Waals surface area contributed by atoms with E-state index in [1.807, 2.05) is 67.8 Å². The minimum absolute atomic E-state index is 0.101. The Hall–Kier alpha value is -0.380. The lowest BCUT2D eigenvalue weighted by Gasteiger charge is -2.33. The van der Waals surface area contributed by atoms with E-state index in [2.05, 4.69) is 10.6 Å². The fourth-order valence-corrected chi connectivity index (χ4v) is 9.24. The van der Waals surface area contributed by atoms with Crippen molar-refractivity contribution in [2.45, 2.75) is 70.9 Å². The van der Waals surface area contributed by atoms with Crippen molar-refractivity contribution >= 4 is 91.2 Å². The Kier molecular flexibility index (Phi) is 13.6. The summed E-state index contributed by atoms with van der Waals surface area (Å²) in [7, 11) is 0. The maximum Gasteiger partial charge on any atom is 0.255 e. The number of aliphatic hydroxyl groups is 5. The van der Waals surface area contributed by atoms with Crippen molar-refractivity contribution in [1.82, 2.24) is 10.6 Å². The van der Waals surface area contributed by atoms with Gasteiger partial charge in [0.15, 0.2) is 0 Å². The maximum absolute atomic E-state index is 13.7. The number of carbonyl (C=O) groups is 3. The Balaban J connectivity index is 2.76. The average molecular weight is 887 g/mol. The van der Waals surface area contributed by atoms with E-state index in [0.29, 0.717) is 25.7 Å². The zero-order chi connectivity index (χ0) is 29.8. The largest absolute Gasteiger partial charge is 0.396 e. The van der Waals surface area contributed by atoms with Crippen LogP contribution in [0.4, 0.5) is 5.69 Å². The minimum Gasteiger partial charge on any atom is -0.396 e. The molecule has 3 amide bonds. The van der Waals surface area contributed by atoms with Gasteiger partial charge in [0.1, 0.15) is 6.10 Å². The first-order valence-electron chi connectivity index (χ1n) is 12.6. The molecule has 1 aliphatic heterocycles. The molecule has 1 saturated heterocycles. The van der Waals surface area contributed by atoms with Crippen molar-refractivity contribution in [1.29, 1.82) is 0 Å². The summed E-state index contributed by atoms with van der Waals surface area (Å²) in [5.41, 5.74) is 0.511. The highest BCUT2D eigenvalue weighted by Gasteiger charge is 2.37. The molecule has 0 saturated carbocycles. The molecule has 2 rings (SSSR count). The highest BCUT2D eigenvalue weighted by molar-refractivity contribution is 14.1. The van der Waals surface area contributed by atoms with Crippen molar-refractivity contribution in [2.75, 3.05) is 24.7 Å². The van der Waals surface area contributed by atoms with E-state index >= 15 is 0 Å². The quantitative estimate of drug-likeness (QED) is 0.162. The van der Waals surface area contributed by atoms with Gasteiger partial charge in [0.2, 0.25) is 0 Å². The number of benzene rings is 1. The van der Waals surface area contributed by atoms with Gasteiger partial charge < -0.3 is 41.1 Å². The predicted octanol–water partition coefficient (Wildman–Crippen LogP) is 1.20. The number of aliphatic hydroxyl groups excluding tert-OH is 5. The maximum atomic E-state index is 13.7. The van der Waals surface area contributed by atoms with Crippen molar-refractivity contribution < 1.29 is 39.9 Å². The van der Waals surface area contributed by atoms with Crippen molar-refractivity contribution in [3.63, 3.8) is 0 Å². The Morgan fingerprint density at radius 3 is 1.64 bits per heavy atom. The Morgan fingerprint density at radius 2 is 1.28 bits per heavy atom. The molecule has 0 spiro atoms. The number of amides is 3. The van der Waals surface area contributed by atoms with Gasteiger partial charge in [-0.3, -0.25) is 14.4 Å². The third-order valence-corrected chi connectivity index (χ3v) is 10.0. The van der Waals surface area contributed by atoms with Crippen molar-refractivity contribution in [2.24, 2.45) is 11.8 Å². The molecule has 1 aromatic carbocycles. The number of anilines is 1. The van der Waals surface area contributed by atoms with Crippen LogP contribution in [-0.4, -0.2) is 93.4 Å². The molecule has 14 heteroatoms. The van der Waals surface area contributed by atoms with Crippen molar-refractivity contribution in [3.8, 4) is 0 Å². The summed E-state index contributed by atoms with van der Waals surface area (Å²) in [6.45, 7) is 6.07. The van der Waals surface area contributed by atoms with E-state index in [1.165, 1.54) is 18.7 Å². The Morgan fingerprint density at radius 1 is 0.872 bits per heavy atom. The number of carbonyl (C=O) groups excluding carboxylic acids is 3. The van der Waals surface area contributed by atoms with Gasteiger partial charge in [-0.15, -0.1) is 0 Å². The van der Waals surface area contributed by atoms with Gasteiger partial charge in [0.25, 0.3) is 17.7 Å². The highest BCUT2D eigenvalue weighted by atomic mass is 127. The first-order valence-corrected chi connectivity index (χ1v) is 15.8. The summed E-state index contributed by atoms with van der Waals surface area (Å²) in [6, 6.07) is -1.59. The fraction of sp³-hybridized carbons (Fsp3) is 0.640. The van der Waals surface area contributed by atoms with Gasteiger partial charge in [0, 0.05) is 35.2 Å². The molecule has 1 heterocycles. The molecule has 1 aliphatic rings. The number of piperidine rings is 1. The lowest BCUT2D eigenvalue weighted by molar-refractivity contribution is -0.128. The average Bonchev–Trinajstić information content (AvgIpc) is 2.86. The van der Waals surface area contributed by atoms with E-state index in [9.17, 15) is 39.9 Å². The standard InChI is InChI=1S/C25H36I3N3O8/c1-10(8-32)20(12(3)34)29-23(37)15-17(26)16(24(38)30-21(13(4)35)11(2)9-33)19(28)22(18(15)27)31-7-5-6-14(36)25(31)39/h10-14,20-21,32-36H,5-9H2,1-4H3,(H,29,37)(H,30,38). The number of nitrogens with zero attached hydrogens (tertiary/aromatic N) is 1. The lowest BCUT2D eigenvalue weighted by atomic mass is 9.96. The van der Waals surface area contributed by atoms with Gasteiger partial charge in [-0.1, -0.05) is 13.8 Å². The molecule has 0 radical (unpaired) electrons. The monoisotopic (exact) mass is 887 g/mol. The molecule has 7 N–H and O–H groups in total. The first-order chi connectivity index (χ1) is 18.2. The second kappa shape index (κ2) is 15.2. The van der Waals surface area contributed by atoms with Gasteiger partial charge in [-0.25, -0.2) is 0 Å². The molecule has 0 aliphatic carbocycles. The summed E-state index contributed by atoms with van der Waals surface area (Å²) in [6.07, 6.45) is -2.36. The minimum atomic E-state index is -1.21. The van der Waals surface area contributed by atoms with E-state index in [-0.39, 0.29) is 34.5 Å². The van der Waals surface area contributed by atoms with Crippen LogP contribution in [0.15, 0.2) is 0 Å². The van der Waals surface area contributed by atoms with Crippen LogP contribution in [0.2, 0.25) is 0 Å². The van der Waals surface area contributed by atoms with Gasteiger partial charge in [0.05, 0.1) is 48.2 Å². The topological polar surface area (TPSA) is 180 Å². The fourth-order valence-electron chi connectivity index (χ4n) is 4.52. The van der Waals surface area contributed by atoms with Crippen LogP contribution in [0.3, 0.4) is 0 Å². The molecule has 0 bridgehead atoms. The van der Waals surface area contributed by atoms with E-state index in [1.54, 1.807) is 13.8 Å². The SMILES string of the molecule is CC(O)C(NC(=O)c1c(I)c(C(=O)NC(C(C)O)C(C)CO)c(I)c(N2CCCC(O)C2=O)c1I)C(C)CO. The molecule has 220 valence electrons. The highest BCUT2D eigenvalue weighted by Crippen LogP contribution is 2.39. The zero-order valence-corrected chi connectivity index (χ0v) is 28.6. The summed E-state index contributed by atoms with van der Waals surface area (Å²) in [4.78, 5) is 41.8. The number of nitrogens with one attached hydrogen (secondary N) is 2. The summed E-state index contributed by atoms with van der Waals surface area (Å²) in [5.74, 6) is -2.70. The molecule has 0 aromatic heterocycles. The van der Waals surface area contributed by atoms with E-state index in [4.69, 9.17) is 0 Å². The molecule has 7 unspecified atom stereocenters. The van der Waals surface area contributed by atoms with Crippen LogP contribution in [0.1, 0.15) is 61.3 Å². The lowest BCUT2D eigenvalue weighted by Crippen LogP contribution is -2.49. The summed E-state index contributed by atoms with van der Waals surface area (Å²) >= 11 is 5.79. The number of hydrogen-bond donors (Lipinski definition) is 7. The summed E-state index contributed by atoms with van der Waals surface area (Å²) in [5, 5.41) is 55.6. The third kappa shape index (κ3) is 7.92. The molecular formula is C25H36I3N3O8. The van der Waals surface area contributed by atoms with Gasteiger partial charge in [-0.05, 0) is 94.5 Å². The molecule has 11 nitrogen and oxygen atoms in total. The van der Waals surface area contributed by atoms with Crippen molar-refractivity contribution in [3.05, 3.63) is 21.8 Å². The van der Waals surface area contributed by atoms with Crippen LogP contribution in [0.5, 0.6) is 0 Å². The van der Waals surface area contributed by atoms with Crippen LogP contribution >= 0.6 is 67.8 Å². The Labute approximate surface area is 268 Å². The van der Waals surface area contributed by atoms with Crippen LogP contribution in [0.25, 0.3) is 0 Å². The second-order valence-corrected chi connectivity index (χ2v) is 13.2. The predicted molar refractivity (Wildman–Crippen MR) is 171 cm³/mol. The van der Waals surface area contributed by atoms with E-state index in [0.717, 1.165) is 0 Å². The zero-order valence-electron chi connectivity index (χ0n) is 22.1. The molecular weight excluding hydrogens is 851 g/mol. The molecule has 1 fully saturated rings. The molecule has 7 atom stereocenters. The van der Waals surface area contributed by atoms with E-state index < -0.39 is 60.0 Å². The smallest absolute Gasteiger partial charge is 0.255 e. The number of rotatable bonds is 11. The summed E-state index contributed by atoms with van der Waals surface area (Å²) < 4.78 is 1.05. The van der Waals surface area contributed by atoms with Gasteiger partial charge >= 0.3 is 0 Å². The van der Waals surface area contributed by atoms with Crippen LogP contribution in [0, 0.1) is 22.5 Å². The normalized spacial score (nSPS) is 20.6.